The molecule has 110 valence electrons. The molecule has 4 aliphatic heterocycles. The lowest BCUT2D eigenvalue weighted by molar-refractivity contribution is -0.416. The van der Waals surface area contributed by atoms with Crippen molar-refractivity contribution in [3.63, 3.8) is 0 Å². The Bertz CT molecular complexity index is 388. The van der Waals surface area contributed by atoms with E-state index >= 15 is 0 Å². The van der Waals surface area contributed by atoms with Crippen molar-refractivity contribution in [2.75, 3.05) is 0 Å². The van der Waals surface area contributed by atoms with Crippen molar-refractivity contribution in [3.8, 4) is 0 Å². The minimum absolute atomic E-state index is 0.000833. The van der Waals surface area contributed by atoms with Gasteiger partial charge in [-0.3, -0.25) is 0 Å². The molecular formula is C13H22O6. The fourth-order valence-corrected chi connectivity index (χ4v) is 3.37. The van der Waals surface area contributed by atoms with Gasteiger partial charge in [-0.25, -0.2) is 0 Å². The van der Waals surface area contributed by atoms with Crippen molar-refractivity contribution in [2.45, 2.75) is 82.3 Å². The van der Waals surface area contributed by atoms with Crippen molar-refractivity contribution in [1.82, 2.24) is 0 Å². The molecule has 4 bridgehead atoms. The van der Waals surface area contributed by atoms with Crippen LogP contribution in [0.4, 0.5) is 0 Å². The monoisotopic (exact) mass is 274 g/mol. The second-order valence-electron chi connectivity index (χ2n) is 6.92. The largest absolute Gasteiger partial charge is 0.384 e. The predicted octanol–water partition coefficient (Wildman–Crippen LogP) is 0.850. The Kier molecular flexibility index (Phi) is 2.17. The lowest BCUT2D eigenvalue weighted by Gasteiger charge is -2.50. The Hall–Kier alpha value is -0.240. The van der Waals surface area contributed by atoms with E-state index in [-0.39, 0.29) is 6.42 Å². The summed E-state index contributed by atoms with van der Waals surface area (Å²) in [5, 5.41) is 21.4. The van der Waals surface area contributed by atoms with Crippen molar-refractivity contribution >= 4 is 0 Å². The average molecular weight is 274 g/mol. The second-order valence-corrected chi connectivity index (χ2v) is 6.92. The molecule has 6 heteroatoms. The molecule has 4 saturated heterocycles. The van der Waals surface area contributed by atoms with E-state index in [0.717, 1.165) is 0 Å². The standard InChI is InChI=1S/C13H22O6/c1-8(14)7-9(2,15)11(4)18-12(5)13(6,19-11)17-10(8,3)16-12/h14-15H,7H2,1-6H3/t8-,9+,10?,11?,12?,13?. The van der Waals surface area contributed by atoms with Gasteiger partial charge < -0.3 is 29.2 Å². The van der Waals surface area contributed by atoms with Crippen molar-refractivity contribution < 1.29 is 29.2 Å². The lowest BCUT2D eigenvalue weighted by atomic mass is 9.79. The molecule has 4 atom stereocenters. The van der Waals surface area contributed by atoms with Gasteiger partial charge in [-0.15, -0.1) is 0 Å². The Morgan fingerprint density at radius 2 is 0.842 bits per heavy atom. The van der Waals surface area contributed by atoms with E-state index < -0.39 is 34.4 Å². The smallest absolute Gasteiger partial charge is 0.226 e. The number of ether oxygens (including phenoxy) is 4. The van der Waals surface area contributed by atoms with Crippen LogP contribution < -0.4 is 0 Å². The Morgan fingerprint density at radius 1 is 0.579 bits per heavy atom. The summed E-state index contributed by atoms with van der Waals surface area (Å²) in [6.07, 6.45) is -0.000833. The van der Waals surface area contributed by atoms with Gasteiger partial charge in [-0.05, 0) is 41.5 Å². The first-order valence-electron chi connectivity index (χ1n) is 6.54. The van der Waals surface area contributed by atoms with Gasteiger partial charge in [-0.2, -0.15) is 0 Å². The number of hydrogen-bond acceptors (Lipinski definition) is 6. The molecule has 0 aromatic heterocycles. The average Bonchev–Trinajstić information content (AvgIpc) is 2.41. The van der Waals surface area contributed by atoms with Crippen LogP contribution in [0.2, 0.25) is 0 Å². The predicted molar refractivity (Wildman–Crippen MR) is 63.8 cm³/mol. The molecular weight excluding hydrogens is 252 g/mol. The van der Waals surface area contributed by atoms with E-state index in [1.165, 1.54) is 0 Å². The first kappa shape index (κ1) is 13.7. The molecule has 2 unspecified atom stereocenters. The lowest BCUT2D eigenvalue weighted by Crippen LogP contribution is -2.65. The number of fused-ring (bicyclic) bond motifs is 2. The van der Waals surface area contributed by atoms with Crippen LogP contribution in [0.15, 0.2) is 0 Å². The summed E-state index contributed by atoms with van der Waals surface area (Å²) in [5.74, 6) is -5.01. The Balaban J connectivity index is 2.21. The maximum atomic E-state index is 10.7. The molecule has 0 spiro atoms. The van der Waals surface area contributed by atoms with E-state index in [1.807, 2.05) is 0 Å². The molecule has 2 N–H and O–H groups in total. The zero-order valence-corrected chi connectivity index (χ0v) is 12.2. The zero-order valence-electron chi connectivity index (χ0n) is 12.2. The van der Waals surface area contributed by atoms with Gasteiger partial charge in [0.05, 0.1) is 0 Å². The molecule has 0 amide bonds. The Labute approximate surface area is 112 Å². The SMILES string of the molecule is CC12OC3(C)OC1(C)OC(C)(O2)[C@](C)(O)C[C@]3(C)O. The summed E-state index contributed by atoms with van der Waals surface area (Å²) in [4.78, 5) is 0. The van der Waals surface area contributed by atoms with Crippen LogP contribution >= 0.6 is 0 Å². The van der Waals surface area contributed by atoms with Crippen LogP contribution in [0.3, 0.4) is 0 Å². The van der Waals surface area contributed by atoms with Gasteiger partial charge >= 0.3 is 0 Å². The van der Waals surface area contributed by atoms with Gasteiger partial charge in [0.2, 0.25) is 23.1 Å². The maximum Gasteiger partial charge on any atom is 0.226 e. The molecule has 6 nitrogen and oxygen atoms in total. The fourth-order valence-electron chi connectivity index (χ4n) is 3.37. The second kappa shape index (κ2) is 3.00. The molecule has 0 aliphatic carbocycles. The summed E-state index contributed by atoms with van der Waals surface area (Å²) in [6, 6.07) is 0. The minimum atomic E-state index is -1.38. The van der Waals surface area contributed by atoms with Gasteiger partial charge in [0.25, 0.3) is 0 Å². The highest BCUT2D eigenvalue weighted by Crippen LogP contribution is 2.62. The van der Waals surface area contributed by atoms with Crippen molar-refractivity contribution in [2.24, 2.45) is 0 Å². The third-order valence-corrected chi connectivity index (χ3v) is 5.03. The van der Waals surface area contributed by atoms with E-state index in [0.29, 0.717) is 0 Å². The van der Waals surface area contributed by atoms with Gasteiger partial charge in [0.1, 0.15) is 11.2 Å². The first-order chi connectivity index (χ1) is 8.29. The highest BCUT2D eigenvalue weighted by Gasteiger charge is 2.79. The fraction of sp³-hybridized carbons (Fsp3) is 1.00. The topological polar surface area (TPSA) is 77.4 Å². The molecule has 4 rings (SSSR count). The molecule has 19 heavy (non-hydrogen) atoms. The van der Waals surface area contributed by atoms with Crippen LogP contribution in [0.5, 0.6) is 0 Å². The van der Waals surface area contributed by atoms with Gasteiger partial charge in [-0.1, -0.05) is 0 Å². The quantitative estimate of drug-likeness (QED) is 0.682. The molecule has 0 aromatic rings. The molecule has 0 radical (unpaired) electrons. The van der Waals surface area contributed by atoms with Crippen LogP contribution in [-0.2, 0) is 18.9 Å². The third-order valence-electron chi connectivity index (χ3n) is 5.03. The minimum Gasteiger partial charge on any atom is -0.384 e. The van der Waals surface area contributed by atoms with E-state index in [1.54, 1.807) is 41.5 Å². The van der Waals surface area contributed by atoms with Crippen LogP contribution in [0.1, 0.15) is 48.0 Å². The number of rotatable bonds is 0. The van der Waals surface area contributed by atoms with Gasteiger partial charge in [0, 0.05) is 6.42 Å². The number of aliphatic hydroxyl groups is 2. The van der Waals surface area contributed by atoms with Gasteiger partial charge in [0.15, 0.2) is 0 Å². The summed E-state index contributed by atoms with van der Waals surface area (Å²) in [6.45, 7) is 9.83. The van der Waals surface area contributed by atoms with E-state index in [2.05, 4.69) is 0 Å². The summed E-state index contributed by atoms with van der Waals surface area (Å²) < 4.78 is 23.5. The van der Waals surface area contributed by atoms with Crippen LogP contribution in [-0.4, -0.2) is 44.6 Å². The number of hydrogen-bond donors (Lipinski definition) is 2. The molecule has 4 aliphatic rings. The molecule has 4 heterocycles. The first-order valence-corrected chi connectivity index (χ1v) is 6.54. The maximum absolute atomic E-state index is 10.7. The molecule has 0 aromatic carbocycles. The molecule has 0 saturated carbocycles. The van der Waals surface area contributed by atoms with Crippen LogP contribution in [0, 0.1) is 0 Å². The van der Waals surface area contributed by atoms with Crippen molar-refractivity contribution in [1.29, 1.82) is 0 Å². The van der Waals surface area contributed by atoms with E-state index in [4.69, 9.17) is 18.9 Å². The molecule has 4 fully saturated rings. The third kappa shape index (κ3) is 1.37. The summed E-state index contributed by atoms with van der Waals surface area (Å²) in [7, 11) is 0. The van der Waals surface area contributed by atoms with Crippen molar-refractivity contribution in [3.05, 3.63) is 0 Å². The van der Waals surface area contributed by atoms with E-state index in [9.17, 15) is 10.2 Å². The zero-order chi connectivity index (χ0) is 14.5. The summed E-state index contributed by atoms with van der Waals surface area (Å²) >= 11 is 0. The highest BCUT2D eigenvalue weighted by molar-refractivity contribution is 5.12. The normalized spacial score (nSPS) is 68.2. The highest BCUT2D eigenvalue weighted by atomic mass is 17.0. The van der Waals surface area contributed by atoms with Crippen LogP contribution in [0.25, 0.3) is 0 Å². The summed E-state index contributed by atoms with van der Waals surface area (Å²) in [5.41, 5.74) is -2.77. The Morgan fingerprint density at radius 3 is 1.11 bits per heavy atom.